The molecular formula is C15H23BrN2O2S. The summed E-state index contributed by atoms with van der Waals surface area (Å²) in [7, 11) is 1.59. The van der Waals surface area contributed by atoms with Crippen LogP contribution in [-0.2, 0) is 0 Å². The van der Waals surface area contributed by atoms with E-state index >= 15 is 0 Å². The number of hydrogen-bond donors (Lipinski definition) is 2. The number of amides is 1. The lowest BCUT2D eigenvalue weighted by molar-refractivity contribution is 0.0917. The van der Waals surface area contributed by atoms with Crippen molar-refractivity contribution in [3.63, 3.8) is 0 Å². The van der Waals surface area contributed by atoms with E-state index < -0.39 is 0 Å². The van der Waals surface area contributed by atoms with Crippen LogP contribution in [0.25, 0.3) is 0 Å². The standard InChI is InChI=1S/C15H23BrN2O2S/c1-9-12(16)13(20-2)14(21-9)15(19)18-11(8-17)10-6-4-3-5-7-10/h10-11H,3-8,17H2,1-2H3,(H,18,19). The fourth-order valence-electron chi connectivity index (χ4n) is 2.98. The van der Waals surface area contributed by atoms with Gasteiger partial charge in [0.1, 0.15) is 4.88 Å². The maximum atomic E-state index is 12.5. The molecule has 0 aromatic carbocycles. The van der Waals surface area contributed by atoms with Crippen LogP contribution in [0.1, 0.15) is 46.7 Å². The highest BCUT2D eigenvalue weighted by Crippen LogP contribution is 2.39. The van der Waals surface area contributed by atoms with Crippen LogP contribution >= 0.6 is 27.3 Å². The Hall–Kier alpha value is -0.590. The molecule has 1 atom stereocenters. The lowest BCUT2D eigenvalue weighted by Gasteiger charge is -2.30. The van der Waals surface area contributed by atoms with Gasteiger partial charge < -0.3 is 15.8 Å². The van der Waals surface area contributed by atoms with Gasteiger partial charge in [0.05, 0.1) is 11.6 Å². The molecule has 0 aliphatic heterocycles. The van der Waals surface area contributed by atoms with Crippen LogP contribution in [0.15, 0.2) is 4.47 Å². The van der Waals surface area contributed by atoms with Crippen LogP contribution in [0.3, 0.4) is 0 Å². The second-order valence-electron chi connectivity index (χ2n) is 5.55. The van der Waals surface area contributed by atoms with Crippen LogP contribution < -0.4 is 15.8 Å². The number of ether oxygens (including phenoxy) is 1. The van der Waals surface area contributed by atoms with E-state index in [9.17, 15) is 4.79 Å². The molecule has 0 bridgehead atoms. The number of nitrogens with one attached hydrogen (secondary N) is 1. The summed E-state index contributed by atoms with van der Waals surface area (Å²) in [5.74, 6) is 1.05. The van der Waals surface area contributed by atoms with Crippen molar-refractivity contribution in [2.24, 2.45) is 11.7 Å². The van der Waals surface area contributed by atoms with Crippen molar-refractivity contribution in [1.82, 2.24) is 5.32 Å². The van der Waals surface area contributed by atoms with E-state index in [-0.39, 0.29) is 11.9 Å². The first-order valence-corrected chi connectivity index (χ1v) is 9.03. The van der Waals surface area contributed by atoms with Crippen LogP contribution in [-0.4, -0.2) is 25.6 Å². The van der Waals surface area contributed by atoms with Gasteiger partial charge >= 0.3 is 0 Å². The van der Waals surface area contributed by atoms with Crippen molar-refractivity contribution >= 4 is 33.2 Å². The smallest absolute Gasteiger partial charge is 0.265 e. The fraction of sp³-hybridized carbons (Fsp3) is 0.667. The molecule has 0 spiro atoms. The molecule has 3 N–H and O–H groups in total. The van der Waals surface area contributed by atoms with E-state index in [4.69, 9.17) is 10.5 Å². The van der Waals surface area contributed by atoms with Gasteiger partial charge in [-0.1, -0.05) is 19.3 Å². The zero-order valence-electron chi connectivity index (χ0n) is 12.6. The number of aryl methyl sites for hydroxylation is 1. The van der Waals surface area contributed by atoms with Crippen molar-refractivity contribution in [3.05, 3.63) is 14.2 Å². The van der Waals surface area contributed by atoms with Crippen molar-refractivity contribution in [2.45, 2.75) is 45.1 Å². The lowest BCUT2D eigenvalue weighted by atomic mass is 9.84. The summed E-state index contributed by atoms with van der Waals surface area (Å²) in [5.41, 5.74) is 5.88. The highest BCUT2D eigenvalue weighted by Gasteiger charge is 2.27. The van der Waals surface area contributed by atoms with Gasteiger partial charge in [0, 0.05) is 17.5 Å². The van der Waals surface area contributed by atoms with Crippen LogP contribution in [0, 0.1) is 12.8 Å². The Morgan fingerprint density at radius 1 is 1.48 bits per heavy atom. The molecule has 6 heteroatoms. The molecule has 1 aromatic rings. The number of methoxy groups -OCH3 is 1. The molecular weight excluding hydrogens is 352 g/mol. The second kappa shape index (κ2) is 7.61. The molecule has 21 heavy (non-hydrogen) atoms. The third-order valence-corrected chi connectivity index (χ3v) is 6.47. The van der Waals surface area contributed by atoms with Gasteiger partial charge in [-0.3, -0.25) is 4.79 Å². The van der Waals surface area contributed by atoms with Gasteiger partial charge in [0.2, 0.25) is 0 Å². The lowest BCUT2D eigenvalue weighted by Crippen LogP contribution is -2.45. The average molecular weight is 375 g/mol. The minimum atomic E-state index is -0.0772. The zero-order valence-corrected chi connectivity index (χ0v) is 15.0. The topological polar surface area (TPSA) is 64.3 Å². The minimum Gasteiger partial charge on any atom is -0.494 e. The highest BCUT2D eigenvalue weighted by molar-refractivity contribution is 9.10. The third-order valence-electron chi connectivity index (χ3n) is 4.17. The monoisotopic (exact) mass is 374 g/mol. The number of nitrogens with two attached hydrogens (primary N) is 1. The molecule has 1 amide bonds. The van der Waals surface area contributed by atoms with Crippen LogP contribution in [0.4, 0.5) is 0 Å². The molecule has 1 unspecified atom stereocenters. The number of thiophene rings is 1. The van der Waals surface area contributed by atoms with Crippen molar-refractivity contribution < 1.29 is 9.53 Å². The Bertz CT molecular complexity index is 498. The summed E-state index contributed by atoms with van der Waals surface area (Å²) in [6.07, 6.45) is 6.10. The molecule has 4 nitrogen and oxygen atoms in total. The van der Waals surface area contributed by atoms with E-state index in [1.807, 2.05) is 6.92 Å². The van der Waals surface area contributed by atoms with Crippen molar-refractivity contribution in [1.29, 1.82) is 0 Å². The van der Waals surface area contributed by atoms with Gasteiger partial charge in [-0.25, -0.2) is 0 Å². The number of hydrogen-bond acceptors (Lipinski definition) is 4. The van der Waals surface area contributed by atoms with Gasteiger partial charge in [-0.2, -0.15) is 0 Å². The molecule has 1 saturated carbocycles. The first-order valence-electron chi connectivity index (χ1n) is 7.42. The second-order valence-corrected chi connectivity index (χ2v) is 7.57. The third kappa shape index (κ3) is 3.79. The first kappa shape index (κ1) is 16.8. The van der Waals surface area contributed by atoms with Gasteiger partial charge in [0.15, 0.2) is 5.75 Å². The number of carbonyl (C=O) groups excluding carboxylic acids is 1. The van der Waals surface area contributed by atoms with Gasteiger partial charge in [-0.05, 0) is 41.6 Å². The Labute approximate surface area is 138 Å². The van der Waals surface area contributed by atoms with E-state index in [2.05, 4.69) is 21.2 Å². The van der Waals surface area contributed by atoms with Crippen LogP contribution in [0.2, 0.25) is 0 Å². The Balaban J connectivity index is 2.10. The molecule has 1 aliphatic rings. The molecule has 1 fully saturated rings. The molecule has 1 aliphatic carbocycles. The number of rotatable bonds is 5. The van der Waals surface area contributed by atoms with E-state index in [0.717, 1.165) is 22.2 Å². The molecule has 0 saturated heterocycles. The molecule has 1 aromatic heterocycles. The van der Waals surface area contributed by atoms with E-state index in [1.54, 1.807) is 7.11 Å². The van der Waals surface area contributed by atoms with Crippen molar-refractivity contribution in [2.75, 3.05) is 13.7 Å². The van der Waals surface area contributed by atoms with Crippen LogP contribution in [0.5, 0.6) is 5.75 Å². The summed E-state index contributed by atoms with van der Waals surface area (Å²) in [5, 5.41) is 3.11. The summed E-state index contributed by atoms with van der Waals surface area (Å²) in [4.78, 5) is 14.2. The first-order chi connectivity index (χ1) is 10.1. The normalized spacial score (nSPS) is 17.5. The quantitative estimate of drug-likeness (QED) is 0.828. The summed E-state index contributed by atoms with van der Waals surface area (Å²) >= 11 is 4.92. The van der Waals surface area contributed by atoms with Gasteiger partial charge in [0.25, 0.3) is 5.91 Å². The summed E-state index contributed by atoms with van der Waals surface area (Å²) < 4.78 is 6.21. The average Bonchev–Trinajstić information content (AvgIpc) is 2.80. The molecule has 0 radical (unpaired) electrons. The molecule has 118 valence electrons. The number of halogens is 1. The SMILES string of the molecule is COc1c(C(=O)NC(CN)C2CCCCC2)sc(C)c1Br. The summed E-state index contributed by atoms with van der Waals surface area (Å²) in [6, 6.07) is 0.0590. The Morgan fingerprint density at radius 3 is 2.71 bits per heavy atom. The highest BCUT2D eigenvalue weighted by atomic mass is 79.9. The Morgan fingerprint density at radius 2 is 2.14 bits per heavy atom. The van der Waals surface area contributed by atoms with Gasteiger partial charge in [-0.15, -0.1) is 11.3 Å². The molecule has 2 rings (SSSR count). The Kier molecular flexibility index (Phi) is 6.08. The number of carbonyl (C=O) groups is 1. The summed E-state index contributed by atoms with van der Waals surface area (Å²) in [6.45, 7) is 2.46. The predicted octanol–water partition coefficient (Wildman–Crippen LogP) is 3.47. The fourth-order valence-corrected chi connectivity index (χ4v) is 4.63. The maximum absolute atomic E-state index is 12.5. The maximum Gasteiger partial charge on any atom is 0.265 e. The zero-order chi connectivity index (χ0) is 15.4. The predicted molar refractivity (Wildman–Crippen MR) is 90.2 cm³/mol. The van der Waals surface area contributed by atoms with E-state index in [1.165, 1.54) is 30.6 Å². The molecule has 1 heterocycles. The van der Waals surface area contributed by atoms with E-state index in [0.29, 0.717) is 23.1 Å². The minimum absolute atomic E-state index is 0.0590. The largest absolute Gasteiger partial charge is 0.494 e. The van der Waals surface area contributed by atoms with Crippen molar-refractivity contribution in [3.8, 4) is 5.75 Å².